The van der Waals surface area contributed by atoms with E-state index in [9.17, 15) is 19.3 Å². The fourth-order valence-electron chi connectivity index (χ4n) is 2.26. The van der Waals surface area contributed by atoms with Gasteiger partial charge >= 0.3 is 0 Å². The van der Waals surface area contributed by atoms with Crippen molar-refractivity contribution in [2.45, 2.75) is 11.8 Å². The summed E-state index contributed by atoms with van der Waals surface area (Å²) < 4.78 is 20.0. The first kappa shape index (κ1) is 20.1. The van der Waals surface area contributed by atoms with Crippen molar-refractivity contribution >= 4 is 29.0 Å². The summed E-state index contributed by atoms with van der Waals surface area (Å²) in [4.78, 5) is 22.5. The number of carbonyl (C=O) groups is 1. The number of hydrogen-bond acceptors (Lipinski definition) is 8. The first-order valence-electron chi connectivity index (χ1n) is 8.18. The summed E-state index contributed by atoms with van der Waals surface area (Å²) in [5, 5.41) is 21.4. The molecule has 0 spiro atoms. The molecule has 0 saturated carbocycles. The molecule has 0 atom stereocenters. The maximum absolute atomic E-state index is 13.6. The third kappa shape index (κ3) is 4.99. The smallest absolute Gasteiger partial charge is 0.292 e. The molecule has 0 aliphatic carbocycles. The Bertz CT molecular complexity index is 1040. The Morgan fingerprint density at radius 2 is 1.97 bits per heavy atom. The Labute approximate surface area is 168 Å². The Morgan fingerprint density at radius 3 is 2.72 bits per heavy atom. The van der Waals surface area contributed by atoms with Gasteiger partial charge < -0.3 is 15.9 Å². The molecule has 3 N–H and O–H groups in total. The number of nitro benzene ring substituents is 1. The van der Waals surface area contributed by atoms with Crippen molar-refractivity contribution in [2.24, 2.45) is 0 Å². The zero-order valence-electron chi connectivity index (χ0n) is 14.8. The van der Waals surface area contributed by atoms with Gasteiger partial charge in [0.2, 0.25) is 11.1 Å². The lowest BCUT2D eigenvalue weighted by molar-refractivity contribution is -0.383. The van der Waals surface area contributed by atoms with Gasteiger partial charge in [0, 0.05) is 6.07 Å². The van der Waals surface area contributed by atoms with E-state index >= 15 is 0 Å². The van der Waals surface area contributed by atoms with E-state index in [1.165, 1.54) is 36.4 Å². The minimum Gasteiger partial charge on any atom is -0.482 e. The molecule has 12 heteroatoms. The number of para-hydroxylation sites is 3. The zero-order chi connectivity index (χ0) is 20.8. The molecule has 0 unspecified atom stereocenters. The molecule has 1 aromatic heterocycles. The van der Waals surface area contributed by atoms with Gasteiger partial charge in [-0.2, -0.15) is 0 Å². The summed E-state index contributed by atoms with van der Waals surface area (Å²) in [5.74, 6) is 5.07. The number of halogens is 1. The number of benzene rings is 2. The molecule has 0 saturated heterocycles. The van der Waals surface area contributed by atoms with Gasteiger partial charge in [-0.05, 0) is 18.2 Å². The van der Waals surface area contributed by atoms with Gasteiger partial charge in [0.15, 0.2) is 17.4 Å². The molecule has 0 aliphatic heterocycles. The highest BCUT2D eigenvalue weighted by molar-refractivity contribution is 7.99. The third-order valence-electron chi connectivity index (χ3n) is 3.64. The van der Waals surface area contributed by atoms with E-state index in [4.69, 9.17) is 10.6 Å². The highest BCUT2D eigenvalue weighted by Gasteiger charge is 2.17. The molecule has 0 radical (unpaired) electrons. The van der Waals surface area contributed by atoms with Crippen molar-refractivity contribution in [3.05, 3.63) is 70.3 Å². The average molecular weight is 418 g/mol. The maximum atomic E-state index is 13.6. The summed E-state index contributed by atoms with van der Waals surface area (Å²) in [7, 11) is 0. The van der Waals surface area contributed by atoms with Gasteiger partial charge in [0.05, 0.1) is 10.7 Å². The highest BCUT2D eigenvalue weighted by atomic mass is 32.2. The number of nitrogens with one attached hydrogen (secondary N) is 1. The first-order valence-corrected chi connectivity index (χ1v) is 9.17. The SMILES string of the molecule is Nn1c(COc2ccccc2F)nnc1SCC(=O)Nc1ccccc1[N+](=O)[O-]. The molecule has 0 bridgehead atoms. The standard InChI is InChI=1S/C17H15FN6O4S/c18-11-5-1-4-8-14(11)28-9-15-21-22-17(23(15)19)29-10-16(25)20-12-6-2-3-7-13(12)24(26)27/h1-8H,9-10,19H2,(H,20,25). The quantitative estimate of drug-likeness (QED) is 0.246. The number of anilines is 1. The van der Waals surface area contributed by atoms with Crippen LogP contribution in [0.25, 0.3) is 0 Å². The lowest BCUT2D eigenvalue weighted by atomic mass is 10.2. The van der Waals surface area contributed by atoms with E-state index in [1.807, 2.05) is 0 Å². The van der Waals surface area contributed by atoms with Crippen LogP contribution in [0.1, 0.15) is 5.82 Å². The molecule has 150 valence electrons. The van der Waals surface area contributed by atoms with E-state index < -0.39 is 16.6 Å². The van der Waals surface area contributed by atoms with E-state index in [-0.39, 0.29) is 40.5 Å². The number of nitrogen functional groups attached to an aromatic ring is 1. The third-order valence-corrected chi connectivity index (χ3v) is 4.58. The van der Waals surface area contributed by atoms with Crippen molar-refractivity contribution in [3.8, 4) is 5.75 Å². The van der Waals surface area contributed by atoms with Crippen molar-refractivity contribution in [1.29, 1.82) is 0 Å². The maximum Gasteiger partial charge on any atom is 0.292 e. The summed E-state index contributed by atoms with van der Waals surface area (Å²) in [6, 6.07) is 11.7. The number of nitrogens with zero attached hydrogens (tertiary/aromatic N) is 4. The van der Waals surface area contributed by atoms with Crippen molar-refractivity contribution in [3.63, 3.8) is 0 Å². The summed E-state index contributed by atoms with van der Waals surface area (Å²) in [6.07, 6.45) is 0. The minimum atomic E-state index is -0.582. The summed E-state index contributed by atoms with van der Waals surface area (Å²) in [6.45, 7) is -0.118. The van der Waals surface area contributed by atoms with E-state index in [0.29, 0.717) is 0 Å². The predicted octanol–water partition coefficient (Wildman–Crippen LogP) is 2.35. The Balaban J connectivity index is 1.57. The van der Waals surface area contributed by atoms with Gasteiger partial charge in [-0.3, -0.25) is 14.9 Å². The number of nitrogens with two attached hydrogens (primary N) is 1. The molecule has 3 rings (SSSR count). The Hall–Kier alpha value is -3.67. The van der Waals surface area contributed by atoms with Gasteiger partial charge in [-0.15, -0.1) is 10.2 Å². The number of carbonyl (C=O) groups excluding carboxylic acids is 1. The molecular weight excluding hydrogens is 403 g/mol. The number of thioether (sulfide) groups is 1. The van der Waals surface area contributed by atoms with E-state index in [0.717, 1.165) is 16.4 Å². The van der Waals surface area contributed by atoms with Crippen LogP contribution in [0.15, 0.2) is 53.7 Å². The van der Waals surface area contributed by atoms with Crippen LogP contribution in [-0.4, -0.2) is 31.5 Å². The number of hydrogen-bond donors (Lipinski definition) is 2. The van der Waals surface area contributed by atoms with Crippen LogP contribution < -0.4 is 15.9 Å². The van der Waals surface area contributed by atoms with Crippen LogP contribution in [0.4, 0.5) is 15.8 Å². The summed E-state index contributed by atoms with van der Waals surface area (Å²) in [5.41, 5.74) is -0.114. The molecule has 10 nitrogen and oxygen atoms in total. The van der Waals surface area contributed by atoms with Crippen LogP contribution in [0.3, 0.4) is 0 Å². The normalized spacial score (nSPS) is 10.5. The van der Waals surface area contributed by atoms with Crippen LogP contribution in [0, 0.1) is 15.9 Å². The molecule has 1 heterocycles. The van der Waals surface area contributed by atoms with Crippen molar-refractivity contribution in [2.75, 3.05) is 16.9 Å². The van der Waals surface area contributed by atoms with Crippen molar-refractivity contribution < 1.29 is 18.8 Å². The topological polar surface area (TPSA) is 138 Å². The van der Waals surface area contributed by atoms with Crippen LogP contribution in [0.2, 0.25) is 0 Å². The van der Waals surface area contributed by atoms with Gasteiger partial charge in [-0.1, -0.05) is 36.0 Å². The molecule has 29 heavy (non-hydrogen) atoms. The Kier molecular flexibility index (Phi) is 6.24. The van der Waals surface area contributed by atoms with Crippen LogP contribution in [0.5, 0.6) is 5.75 Å². The van der Waals surface area contributed by atoms with Crippen molar-refractivity contribution in [1.82, 2.24) is 14.9 Å². The molecule has 2 aromatic carbocycles. The van der Waals surface area contributed by atoms with Gasteiger partial charge in [0.25, 0.3) is 5.69 Å². The van der Waals surface area contributed by atoms with Crippen LogP contribution in [-0.2, 0) is 11.4 Å². The number of ether oxygens (including phenoxy) is 1. The molecule has 0 fully saturated rings. The molecular formula is C17H15FN6O4S. The number of amides is 1. The fourth-order valence-corrected chi connectivity index (χ4v) is 2.94. The summed E-state index contributed by atoms with van der Waals surface area (Å²) >= 11 is 0.987. The molecule has 1 amide bonds. The lowest BCUT2D eigenvalue weighted by Crippen LogP contribution is -2.18. The molecule has 0 aliphatic rings. The number of rotatable bonds is 8. The van der Waals surface area contributed by atoms with Gasteiger partial charge in [0.1, 0.15) is 12.3 Å². The second kappa shape index (κ2) is 9.01. The highest BCUT2D eigenvalue weighted by Crippen LogP contribution is 2.24. The predicted molar refractivity (Wildman–Crippen MR) is 103 cm³/mol. The van der Waals surface area contributed by atoms with Gasteiger partial charge in [-0.25, -0.2) is 9.07 Å². The second-order valence-corrected chi connectivity index (χ2v) is 6.54. The first-order chi connectivity index (χ1) is 14.0. The number of nitro groups is 1. The largest absolute Gasteiger partial charge is 0.482 e. The second-order valence-electron chi connectivity index (χ2n) is 5.60. The minimum absolute atomic E-state index is 0.0496. The monoisotopic (exact) mass is 418 g/mol. The number of aromatic nitrogens is 3. The fraction of sp³-hybridized carbons (Fsp3) is 0.118. The molecule has 3 aromatic rings. The van der Waals surface area contributed by atoms with E-state index in [2.05, 4.69) is 15.5 Å². The Morgan fingerprint density at radius 1 is 1.24 bits per heavy atom. The van der Waals surface area contributed by atoms with Crippen LogP contribution >= 0.6 is 11.8 Å². The average Bonchev–Trinajstić information content (AvgIpc) is 3.05. The lowest BCUT2D eigenvalue weighted by Gasteiger charge is -2.07. The van der Waals surface area contributed by atoms with E-state index in [1.54, 1.807) is 12.1 Å². The zero-order valence-corrected chi connectivity index (χ0v) is 15.6.